The molecule has 3 rings (SSSR count). The molecule has 0 unspecified atom stereocenters. The lowest BCUT2D eigenvalue weighted by atomic mass is 10.1. The first-order valence-electron chi connectivity index (χ1n) is 10.3. The molecule has 0 bridgehead atoms. The molecule has 10 heteroatoms. The fourth-order valence-corrected chi connectivity index (χ4v) is 3.94. The number of carbonyl (C=O) groups is 1. The van der Waals surface area contributed by atoms with Crippen molar-refractivity contribution < 1.29 is 36.9 Å². The van der Waals surface area contributed by atoms with Crippen molar-refractivity contribution in [2.75, 3.05) is 33.2 Å². The normalized spacial score (nSPS) is 11.1. The van der Waals surface area contributed by atoms with E-state index in [-0.39, 0.29) is 17.2 Å². The van der Waals surface area contributed by atoms with Gasteiger partial charge in [-0.3, -0.25) is 4.72 Å². The van der Waals surface area contributed by atoms with Crippen molar-refractivity contribution in [2.45, 2.75) is 0 Å². The van der Waals surface area contributed by atoms with Gasteiger partial charge >= 0.3 is 5.97 Å². The average Bonchev–Trinajstić information content (AvgIpc) is 2.87. The SMILES string of the molecule is COc1cc(OC)c(/C=C/S(=O)(=O)Nc2ccc(OC)c(OC(=O)c3ccccc3)c2)c(OC)c1. The Morgan fingerprint density at radius 1 is 0.771 bits per heavy atom. The highest BCUT2D eigenvalue weighted by atomic mass is 32.2. The third-order valence-electron chi connectivity index (χ3n) is 4.80. The van der Waals surface area contributed by atoms with Crippen molar-refractivity contribution in [1.29, 1.82) is 0 Å². The van der Waals surface area contributed by atoms with Crippen molar-refractivity contribution >= 4 is 27.8 Å². The maximum Gasteiger partial charge on any atom is 0.343 e. The highest BCUT2D eigenvalue weighted by molar-refractivity contribution is 7.95. The van der Waals surface area contributed by atoms with Gasteiger partial charge in [0.25, 0.3) is 10.0 Å². The second-order valence-corrected chi connectivity index (χ2v) is 8.58. The van der Waals surface area contributed by atoms with Gasteiger partial charge in [0, 0.05) is 18.2 Å². The van der Waals surface area contributed by atoms with E-state index in [1.807, 2.05) is 0 Å². The zero-order valence-corrected chi connectivity index (χ0v) is 20.4. The van der Waals surface area contributed by atoms with Gasteiger partial charge in [0.05, 0.1) is 50.7 Å². The molecule has 0 heterocycles. The van der Waals surface area contributed by atoms with Gasteiger partial charge in [-0.15, -0.1) is 0 Å². The Morgan fingerprint density at radius 3 is 1.97 bits per heavy atom. The minimum absolute atomic E-state index is 0.0593. The molecule has 9 nitrogen and oxygen atoms in total. The Morgan fingerprint density at radius 2 is 1.40 bits per heavy atom. The van der Waals surface area contributed by atoms with Crippen LogP contribution in [-0.4, -0.2) is 42.8 Å². The van der Waals surface area contributed by atoms with E-state index in [4.69, 9.17) is 23.7 Å². The van der Waals surface area contributed by atoms with Gasteiger partial charge in [-0.2, -0.15) is 0 Å². The van der Waals surface area contributed by atoms with Crippen LogP contribution in [0.1, 0.15) is 15.9 Å². The zero-order chi connectivity index (χ0) is 25.4. The number of nitrogens with one attached hydrogen (secondary N) is 1. The Hall–Kier alpha value is -4.18. The molecule has 0 aromatic heterocycles. The molecule has 1 N–H and O–H groups in total. The van der Waals surface area contributed by atoms with Crippen LogP contribution in [0.3, 0.4) is 0 Å². The van der Waals surface area contributed by atoms with Crippen molar-refractivity contribution in [3.8, 4) is 28.7 Å². The van der Waals surface area contributed by atoms with Crippen molar-refractivity contribution in [2.24, 2.45) is 0 Å². The van der Waals surface area contributed by atoms with E-state index in [1.54, 1.807) is 42.5 Å². The molecule has 0 fully saturated rings. The molecular formula is C25H25NO8S. The summed E-state index contributed by atoms with van der Waals surface area (Å²) in [6, 6.07) is 16.0. The van der Waals surface area contributed by atoms with Gasteiger partial charge in [0.1, 0.15) is 17.2 Å². The predicted octanol–water partition coefficient (Wildman–Crippen LogP) is 4.35. The molecule has 0 amide bonds. The molecular weight excluding hydrogens is 474 g/mol. The quantitative estimate of drug-likeness (QED) is 0.324. The van der Waals surface area contributed by atoms with Crippen LogP contribution >= 0.6 is 0 Å². The van der Waals surface area contributed by atoms with Gasteiger partial charge in [0.15, 0.2) is 11.5 Å². The second-order valence-electron chi connectivity index (χ2n) is 7.02. The topological polar surface area (TPSA) is 109 Å². The summed E-state index contributed by atoms with van der Waals surface area (Å²) in [5.74, 6) is 0.944. The molecule has 0 aliphatic rings. The summed E-state index contributed by atoms with van der Waals surface area (Å²) >= 11 is 0. The van der Waals surface area contributed by atoms with E-state index >= 15 is 0 Å². The first-order valence-corrected chi connectivity index (χ1v) is 11.8. The van der Waals surface area contributed by atoms with E-state index in [0.29, 0.717) is 28.4 Å². The summed E-state index contributed by atoms with van der Waals surface area (Å²) in [6.45, 7) is 0. The number of anilines is 1. The van der Waals surface area contributed by atoms with E-state index in [2.05, 4.69) is 4.72 Å². The Bertz CT molecular complexity index is 1300. The number of carbonyl (C=O) groups excluding carboxylic acids is 1. The second kappa shape index (κ2) is 11.3. The summed E-state index contributed by atoms with van der Waals surface area (Å²) < 4.78 is 54.5. The molecule has 3 aromatic carbocycles. The van der Waals surface area contributed by atoms with Gasteiger partial charge in [-0.05, 0) is 30.3 Å². The van der Waals surface area contributed by atoms with Crippen LogP contribution in [0, 0.1) is 0 Å². The van der Waals surface area contributed by atoms with E-state index in [9.17, 15) is 13.2 Å². The number of hydrogen-bond acceptors (Lipinski definition) is 8. The lowest BCUT2D eigenvalue weighted by Crippen LogP contribution is -2.11. The van der Waals surface area contributed by atoms with Crippen LogP contribution < -0.4 is 28.4 Å². The standard InChI is InChI=1S/C25H25NO8S/c1-30-19-15-22(32-3)20(23(16-19)33-4)12-13-35(28,29)26-18-10-11-21(31-2)24(14-18)34-25(27)17-8-6-5-7-9-17/h5-16,26H,1-4H3/b13-12+. The highest BCUT2D eigenvalue weighted by Gasteiger charge is 2.16. The van der Waals surface area contributed by atoms with Gasteiger partial charge in [-0.1, -0.05) is 18.2 Å². The fraction of sp³-hybridized carbons (Fsp3) is 0.160. The summed E-state index contributed by atoms with van der Waals surface area (Å²) in [7, 11) is 1.85. The molecule has 35 heavy (non-hydrogen) atoms. The summed E-state index contributed by atoms with van der Waals surface area (Å²) in [5.41, 5.74) is 0.916. The Kier molecular flexibility index (Phi) is 8.21. The molecule has 3 aromatic rings. The average molecular weight is 500 g/mol. The molecule has 0 saturated carbocycles. The maximum atomic E-state index is 12.8. The first-order chi connectivity index (χ1) is 16.8. The third-order valence-corrected chi connectivity index (χ3v) is 5.82. The van der Waals surface area contributed by atoms with Crippen LogP contribution in [0.4, 0.5) is 5.69 Å². The van der Waals surface area contributed by atoms with E-state index in [0.717, 1.165) is 5.41 Å². The van der Waals surface area contributed by atoms with Gasteiger partial charge < -0.3 is 23.7 Å². The molecule has 0 spiro atoms. The van der Waals surface area contributed by atoms with Crippen LogP contribution in [0.25, 0.3) is 6.08 Å². The molecule has 0 saturated heterocycles. The fourth-order valence-electron chi connectivity index (χ4n) is 3.11. The summed E-state index contributed by atoms with van der Waals surface area (Å²) in [4.78, 5) is 12.4. The third kappa shape index (κ3) is 6.45. The Labute approximate surface area is 203 Å². The number of benzene rings is 3. The minimum Gasteiger partial charge on any atom is -0.496 e. The van der Waals surface area contributed by atoms with Crippen LogP contribution in [-0.2, 0) is 10.0 Å². The number of ether oxygens (including phenoxy) is 5. The van der Waals surface area contributed by atoms with Crippen LogP contribution in [0.15, 0.2) is 66.1 Å². The lowest BCUT2D eigenvalue weighted by Gasteiger charge is -2.13. The number of methoxy groups -OCH3 is 4. The Balaban J connectivity index is 1.85. The predicted molar refractivity (Wildman–Crippen MR) is 132 cm³/mol. The van der Waals surface area contributed by atoms with Crippen molar-refractivity contribution in [3.05, 3.63) is 77.2 Å². The molecule has 0 aliphatic heterocycles. The smallest absolute Gasteiger partial charge is 0.343 e. The maximum absolute atomic E-state index is 12.8. The monoisotopic (exact) mass is 499 g/mol. The number of esters is 1. The number of sulfonamides is 1. The number of rotatable bonds is 10. The van der Waals surface area contributed by atoms with Gasteiger partial charge in [-0.25, -0.2) is 13.2 Å². The minimum atomic E-state index is -3.97. The van der Waals surface area contributed by atoms with Crippen molar-refractivity contribution in [3.63, 3.8) is 0 Å². The molecule has 0 atom stereocenters. The number of hydrogen-bond donors (Lipinski definition) is 1. The zero-order valence-electron chi connectivity index (χ0n) is 19.6. The highest BCUT2D eigenvalue weighted by Crippen LogP contribution is 2.35. The van der Waals surface area contributed by atoms with Crippen molar-refractivity contribution in [1.82, 2.24) is 0 Å². The van der Waals surface area contributed by atoms with E-state index < -0.39 is 16.0 Å². The van der Waals surface area contributed by atoms with Crippen LogP contribution in [0.5, 0.6) is 28.7 Å². The summed E-state index contributed by atoms with van der Waals surface area (Å²) in [5, 5.41) is 0.972. The van der Waals surface area contributed by atoms with E-state index in [1.165, 1.54) is 52.7 Å². The molecule has 0 radical (unpaired) electrons. The van der Waals surface area contributed by atoms with Gasteiger partial charge in [0.2, 0.25) is 0 Å². The lowest BCUT2D eigenvalue weighted by molar-refractivity contribution is 0.0730. The molecule has 184 valence electrons. The molecule has 0 aliphatic carbocycles. The van der Waals surface area contributed by atoms with Crippen LogP contribution in [0.2, 0.25) is 0 Å². The first kappa shape index (κ1) is 25.4. The largest absolute Gasteiger partial charge is 0.496 e. The summed E-state index contributed by atoms with van der Waals surface area (Å²) in [6.07, 6.45) is 1.35.